The fraction of sp³-hybridized carbons (Fsp3) is 0.750. The second kappa shape index (κ2) is 10.9. The highest BCUT2D eigenvalue weighted by molar-refractivity contribution is 6.03. The maximum atomic E-state index is 14.1. The average molecular weight is 595 g/mol. The van der Waals surface area contributed by atoms with Crippen LogP contribution < -0.4 is 0 Å². The van der Waals surface area contributed by atoms with E-state index in [4.69, 9.17) is 28.4 Å². The molecule has 238 valence electrons. The summed E-state index contributed by atoms with van der Waals surface area (Å²) in [5, 5.41) is 0. The lowest BCUT2D eigenvalue weighted by atomic mass is 9.58. The molecule has 0 aromatic carbocycles. The van der Waals surface area contributed by atoms with Crippen LogP contribution in [0.15, 0.2) is 22.7 Å². The Morgan fingerprint density at radius 1 is 0.500 bits per heavy atom. The molecule has 0 aromatic heterocycles. The molecule has 0 amide bonds. The van der Waals surface area contributed by atoms with Crippen LogP contribution in [-0.2, 0) is 47.6 Å². The minimum atomic E-state index is -1.64. The van der Waals surface area contributed by atoms with Crippen molar-refractivity contribution in [3.05, 3.63) is 22.7 Å². The SMILES string of the molecule is COC1=C(C(=O)OC(C)(C)C)[C@]2(C)[C@H](C(=O)OC(C)(C)C)C(OC)=C(C(=O)OC(C)(C)C)[C@@]2(C)[C@@H]1C(=O)OC(C)(C)C. The molecule has 0 unspecified atom stereocenters. The fourth-order valence-corrected chi connectivity index (χ4v) is 5.86. The van der Waals surface area contributed by atoms with Gasteiger partial charge in [0.2, 0.25) is 0 Å². The number of hydrogen-bond acceptors (Lipinski definition) is 10. The van der Waals surface area contributed by atoms with Crippen molar-refractivity contribution in [1.82, 2.24) is 0 Å². The molecule has 0 spiro atoms. The summed E-state index contributed by atoms with van der Waals surface area (Å²) in [6.45, 7) is 23.7. The number of hydrogen-bond donors (Lipinski definition) is 0. The monoisotopic (exact) mass is 594 g/mol. The third kappa shape index (κ3) is 6.47. The lowest BCUT2D eigenvalue weighted by Crippen LogP contribution is -2.50. The predicted molar refractivity (Wildman–Crippen MR) is 155 cm³/mol. The molecule has 2 aliphatic carbocycles. The molecule has 0 N–H and O–H groups in total. The van der Waals surface area contributed by atoms with Crippen LogP contribution in [0.3, 0.4) is 0 Å². The molecule has 0 aromatic rings. The van der Waals surface area contributed by atoms with Crippen LogP contribution in [0.4, 0.5) is 0 Å². The molecule has 0 saturated heterocycles. The molecule has 42 heavy (non-hydrogen) atoms. The minimum absolute atomic E-state index is 0.0618. The van der Waals surface area contributed by atoms with Gasteiger partial charge >= 0.3 is 23.9 Å². The second-order valence-corrected chi connectivity index (χ2v) is 15.2. The maximum absolute atomic E-state index is 14.1. The van der Waals surface area contributed by atoms with Crippen LogP contribution in [0, 0.1) is 22.7 Å². The largest absolute Gasteiger partial charge is 0.500 e. The van der Waals surface area contributed by atoms with Crippen molar-refractivity contribution < 1.29 is 47.6 Å². The molecule has 10 nitrogen and oxygen atoms in total. The number of rotatable bonds is 6. The van der Waals surface area contributed by atoms with Gasteiger partial charge in [0.1, 0.15) is 45.8 Å². The molecular weight excluding hydrogens is 544 g/mol. The van der Waals surface area contributed by atoms with E-state index in [0.717, 1.165) is 0 Å². The number of carbonyl (C=O) groups is 4. The molecule has 2 aliphatic rings. The highest BCUT2D eigenvalue weighted by Gasteiger charge is 2.77. The minimum Gasteiger partial charge on any atom is -0.500 e. The van der Waals surface area contributed by atoms with Gasteiger partial charge in [0.25, 0.3) is 0 Å². The van der Waals surface area contributed by atoms with E-state index < -0.39 is 68.9 Å². The highest BCUT2D eigenvalue weighted by Crippen LogP contribution is 2.72. The fourth-order valence-electron chi connectivity index (χ4n) is 5.86. The first kappa shape index (κ1) is 35.2. The normalized spacial score (nSPS) is 26.5. The third-order valence-corrected chi connectivity index (χ3v) is 7.22. The summed E-state index contributed by atoms with van der Waals surface area (Å²) in [5.41, 5.74) is -7.17. The van der Waals surface area contributed by atoms with E-state index >= 15 is 0 Å². The van der Waals surface area contributed by atoms with Crippen LogP contribution >= 0.6 is 0 Å². The number of ether oxygens (including phenoxy) is 6. The van der Waals surface area contributed by atoms with Crippen LogP contribution in [0.25, 0.3) is 0 Å². The lowest BCUT2D eigenvalue weighted by molar-refractivity contribution is -0.172. The zero-order valence-electron chi connectivity index (χ0n) is 28.2. The first-order valence-corrected chi connectivity index (χ1v) is 14.2. The van der Waals surface area contributed by atoms with E-state index in [9.17, 15) is 19.2 Å². The van der Waals surface area contributed by atoms with E-state index in [0.29, 0.717) is 0 Å². The van der Waals surface area contributed by atoms with Crippen LogP contribution in [0.2, 0.25) is 0 Å². The topological polar surface area (TPSA) is 124 Å². The number of carbonyl (C=O) groups excluding carboxylic acids is 4. The second-order valence-electron chi connectivity index (χ2n) is 15.2. The summed E-state index contributed by atoms with van der Waals surface area (Å²) in [6.07, 6.45) is 0. The van der Waals surface area contributed by atoms with Gasteiger partial charge < -0.3 is 28.4 Å². The first-order valence-electron chi connectivity index (χ1n) is 14.2. The van der Waals surface area contributed by atoms with Gasteiger partial charge in [-0.25, -0.2) is 9.59 Å². The van der Waals surface area contributed by atoms with Gasteiger partial charge in [0.15, 0.2) is 0 Å². The van der Waals surface area contributed by atoms with E-state index in [1.165, 1.54) is 14.2 Å². The van der Waals surface area contributed by atoms with E-state index in [2.05, 4.69) is 0 Å². The van der Waals surface area contributed by atoms with Gasteiger partial charge in [0.05, 0.1) is 25.4 Å². The number of methoxy groups -OCH3 is 2. The summed E-state index contributed by atoms with van der Waals surface area (Å²) < 4.78 is 34.9. The van der Waals surface area contributed by atoms with Gasteiger partial charge in [-0.3, -0.25) is 9.59 Å². The van der Waals surface area contributed by atoms with E-state index in [1.54, 1.807) is 96.9 Å². The van der Waals surface area contributed by atoms with Gasteiger partial charge in [-0.15, -0.1) is 0 Å². The van der Waals surface area contributed by atoms with Crippen molar-refractivity contribution in [1.29, 1.82) is 0 Å². The zero-order valence-corrected chi connectivity index (χ0v) is 28.2. The van der Waals surface area contributed by atoms with Crippen molar-refractivity contribution in [3.63, 3.8) is 0 Å². The summed E-state index contributed by atoms with van der Waals surface area (Å²) in [7, 11) is 2.64. The number of esters is 4. The first-order chi connectivity index (χ1) is 18.7. The van der Waals surface area contributed by atoms with Crippen LogP contribution in [0.5, 0.6) is 0 Å². The summed E-state index contributed by atoms with van der Waals surface area (Å²) in [4.78, 5) is 56.4. The van der Waals surface area contributed by atoms with Gasteiger partial charge in [-0.1, -0.05) is 13.8 Å². The molecule has 0 heterocycles. The Bertz CT molecular complexity index is 1100. The molecule has 0 radical (unpaired) electrons. The molecule has 0 bridgehead atoms. The Kier molecular flexibility index (Phi) is 9.13. The van der Waals surface area contributed by atoms with Crippen molar-refractivity contribution in [2.45, 2.75) is 119 Å². The Hall–Kier alpha value is -3.04. The molecule has 0 fully saturated rings. The van der Waals surface area contributed by atoms with Gasteiger partial charge in [0, 0.05) is 10.8 Å². The van der Waals surface area contributed by atoms with Gasteiger partial charge in [-0.05, 0) is 83.1 Å². The number of fused-ring (bicyclic) bond motifs is 1. The maximum Gasteiger partial charge on any atom is 0.338 e. The zero-order chi connectivity index (χ0) is 33.0. The highest BCUT2D eigenvalue weighted by atomic mass is 16.6. The molecule has 2 rings (SSSR count). The lowest BCUT2D eigenvalue weighted by Gasteiger charge is -2.43. The van der Waals surface area contributed by atoms with Crippen LogP contribution in [-0.4, -0.2) is 60.5 Å². The molecular formula is C32H50O10. The van der Waals surface area contributed by atoms with Crippen molar-refractivity contribution in [3.8, 4) is 0 Å². The Morgan fingerprint density at radius 2 is 0.738 bits per heavy atom. The Labute approximate surface area is 250 Å². The molecule has 4 atom stereocenters. The molecule has 0 aliphatic heterocycles. The van der Waals surface area contributed by atoms with Crippen molar-refractivity contribution >= 4 is 23.9 Å². The standard InChI is InChI=1S/C32H50O10/c1-27(2,3)39-23(33)17-21(37-15)18(24(34)40-28(4,5)6)32(14)20(26(36)42-30(10,11)12)22(38-16)19(31(17,32)13)25(35)41-29(7,8)9/h17,20H,1-16H3/t17-,20-,31-,32-/m0/s1. The van der Waals surface area contributed by atoms with Gasteiger partial charge in [-0.2, -0.15) is 0 Å². The quantitative estimate of drug-likeness (QED) is 0.291. The van der Waals surface area contributed by atoms with Crippen molar-refractivity contribution in [2.75, 3.05) is 14.2 Å². The van der Waals surface area contributed by atoms with E-state index in [-0.39, 0.29) is 22.7 Å². The Balaban J connectivity index is 3.13. The smallest absolute Gasteiger partial charge is 0.338 e. The summed E-state index contributed by atoms with van der Waals surface area (Å²) in [5.74, 6) is -5.96. The Morgan fingerprint density at radius 3 is 0.929 bits per heavy atom. The van der Waals surface area contributed by atoms with Crippen molar-refractivity contribution in [2.24, 2.45) is 22.7 Å². The molecule has 0 saturated carbocycles. The van der Waals surface area contributed by atoms with E-state index in [1.807, 2.05) is 0 Å². The summed E-state index contributed by atoms with van der Waals surface area (Å²) >= 11 is 0. The van der Waals surface area contributed by atoms with Crippen LogP contribution in [0.1, 0.15) is 96.9 Å². The predicted octanol–water partition coefficient (Wildman–Crippen LogP) is 5.43. The summed E-state index contributed by atoms with van der Waals surface area (Å²) in [6, 6.07) is 0. The molecule has 10 heteroatoms. The third-order valence-electron chi connectivity index (χ3n) is 7.22. The average Bonchev–Trinajstić information content (AvgIpc) is 3.04.